The molecule has 0 aliphatic heterocycles. The van der Waals surface area contributed by atoms with Crippen molar-refractivity contribution in [1.29, 1.82) is 0 Å². The van der Waals surface area contributed by atoms with Crippen LogP contribution in [0.3, 0.4) is 0 Å². The average Bonchev–Trinajstić information content (AvgIpc) is 2.86. The van der Waals surface area contributed by atoms with E-state index in [0.717, 1.165) is 6.42 Å². The SMILES string of the molecule is Nc1ncnc2c1ncn2CCCn1cnccc1=O. The predicted molar refractivity (Wildman–Crippen MR) is 72.8 cm³/mol. The number of aryl methyl sites for hydroxylation is 2. The zero-order chi connectivity index (χ0) is 13.9. The second kappa shape index (κ2) is 5.08. The highest BCUT2D eigenvalue weighted by Crippen LogP contribution is 2.14. The molecule has 8 nitrogen and oxygen atoms in total. The smallest absolute Gasteiger partial charge is 0.253 e. The number of anilines is 1. The number of nitrogens with two attached hydrogens (primary N) is 1. The molecular formula is C12H13N7O. The standard InChI is InChI=1S/C12H13N7O/c13-11-10-12(16-6-15-11)19(8-17-10)5-1-4-18-7-14-3-2-9(18)20/h2-3,6-8H,1,4-5H2,(H2,13,15,16). The predicted octanol–water partition coefficient (Wildman–Crippen LogP) is 0.0555. The van der Waals surface area contributed by atoms with Crippen molar-refractivity contribution in [2.75, 3.05) is 5.73 Å². The summed E-state index contributed by atoms with van der Waals surface area (Å²) in [6.45, 7) is 1.28. The Kier molecular flexibility index (Phi) is 3.12. The number of rotatable bonds is 4. The Balaban J connectivity index is 1.73. The molecule has 0 bridgehead atoms. The molecule has 0 aromatic carbocycles. The van der Waals surface area contributed by atoms with Gasteiger partial charge in [-0.15, -0.1) is 0 Å². The van der Waals surface area contributed by atoms with E-state index in [1.54, 1.807) is 10.9 Å². The molecule has 0 aliphatic carbocycles. The van der Waals surface area contributed by atoms with E-state index in [9.17, 15) is 4.79 Å². The van der Waals surface area contributed by atoms with E-state index >= 15 is 0 Å². The van der Waals surface area contributed by atoms with Crippen molar-refractivity contribution in [2.24, 2.45) is 0 Å². The first-order valence-electron chi connectivity index (χ1n) is 6.17. The Bertz CT molecular complexity index is 792. The van der Waals surface area contributed by atoms with Crippen LogP contribution >= 0.6 is 0 Å². The van der Waals surface area contributed by atoms with Gasteiger partial charge in [0.25, 0.3) is 5.56 Å². The minimum atomic E-state index is -0.0536. The van der Waals surface area contributed by atoms with E-state index in [0.29, 0.717) is 30.1 Å². The van der Waals surface area contributed by atoms with Crippen LogP contribution in [0.5, 0.6) is 0 Å². The van der Waals surface area contributed by atoms with Crippen LogP contribution in [-0.4, -0.2) is 29.1 Å². The summed E-state index contributed by atoms with van der Waals surface area (Å²) in [5.41, 5.74) is 6.98. The fraction of sp³-hybridized carbons (Fsp3) is 0.250. The van der Waals surface area contributed by atoms with E-state index in [4.69, 9.17) is 5.73 Å². The molecule has 0 aliphatic rings. The lowest BCUT2D eigenvalue weighted by molar-refractivity contribution is 0.552. The highest BCUT2D eigenvalue weighted by atomic mass is 16.1. The molecule has 3 aromatic heterocycles. The molecule has 20 heavy (non-hydrogen) atoms. The molecule has 0 spiro atoms. The van der Waals surface area contributed by atoms with Gasteiger partial charge in [-0.1, -0.05) is 0 Å². The fourth-order valence-corrected chi connectivity index (χ4v) is 2.02. The minimum Gasteiger partial charge on any atom is -0.382 e. The molecule has 2 N–H and O–H groups in total. The van der Waals surface area contributed by atoms with Crippen molar-refractivity contribution < 1.29 is 0 Å². The number of hydrogen-bond donors (Lipinski definition) is 1. The van der Waals surface area contributed by atoms with Crippen molar-refractivity contribution in [1.82, 2.24) is 29.1 Å². The molecule has 8 heteroatoms. The summed E-state index contributed by atoms with van der Waals surface area (Å²) < 4.78 is 3.47. The first kappa shape index (κ1) is 12.3. The summed E-state index contributed by atoms with van der Waals surface area (Å²) in [6, 6.07) is 1.44. The second-order valence-corrected chi connectivity index (χ2v) is 4.33. The topological polar surface area (TPSA) is 105 Å². The summed E-state index contributed by atoms with van der Waals surface area (Å²) in [5, 5.41) is 0. The zero-order valence-electron chi connectivity index (χ0n) is 10.7. The molecule has 0 fully saturated rings. The first-order valence-corrected chi connectivity index (χ1v) is 6.17. The van der Waals surface area contributed by atoms with Crippen molar-refractivity contribution in [3.8, 4) is 0 Å². The monoisotopic (exact) mass is 271 g/mol. The summed E-state index contributed by atoms with van der Waals surface area (Å²) in [5.74, 6) is 0.372. The quantitative estimate of drug-likeness (QED) is 0.719. The van der Waals surface area contributed by atoms with Gasteiger partial charge in [-0.3, -0.25) is 9.36 Å². The van der Waals surface area contributed by atoms with Gasteiger partial charge in [-0.2, -0.15) is 0 Å². The number of fused-ring (bicyclic) bond motifs is 1. The number of aromatic nitrogens is 6. The molecule has 3 rings (SSSR count). The zero-order valence-corrected chi connectivity index (χ0v) is 10.7. The van der Waals surface area contributed by atoms with Crippen molar-refractivity contribution in [2.45, 2.75) is 19.5 Å². The summed E-state index contributed by atoms with van der Waals surface area (Å²) in [6.07, 6.45) is 6.89. The third-order valence-corrected chi connectivity index (χ3v) is 3.02. The molecule has 0 unspecified atom stereocenters. The van der Waals surface area contributed by atoms with Gasteiger partial charge in [-0.05, 0) is 6.42 Å². The largest absolute Gasteiger partial charge is 0.382 e. The van der Waals surface area contributed by atoms with Crippen LogP contribution in [0, 0.1) is 0 Å². The van der Waals surface area contributed by atoms with E-state index in [1.807, 2.05) is 4.57 Å². The summed E-state index contributed by atoms with van der Waals surface area (Å²) >= 11 is 0. The Morgan fingerprint density at radius 1 is 1.10 bits per heavy atom. The Labute approximate surface area is 113 Å². The summed E-state index contributed by atoms with van der Waals surface area (Å²) in [4.78, 5) is 27.7. The molecule has 0 saturated carbocycles. The van der Waals surface area contributed by atoms with Gasteiger partial charge >= 0.3 is 0 Å². The van der Waals surface area contributed by atoms with Crippen molar-refractivity contribution in [3.63, 3.8) is 0 Å². The van der Waals surface area contributed by atoms with Gasteiger partial charge in [-0.25, -0.2) is 19.9 Å². The van der Waals surface area contributed by atoms with Gasteiger partial charge < -0.3 is 10.3 Å². The fourth-order valence-electron chi connectivity index (χ4n) is 2.02. The maximum Gasteiger partial charge on any atom is 0.253 e. The van der Waals surface area contributed by atoms with Crippen LogP contribution in [0.4, 0.5) is 5.82 Å². The Morgan fingerprint density at radius 3 is 2.80 bits per heavy atom. The van der Waals surface area contributed by atoms with Crippen LogP contribution in [0.2, 0.25) is 0 Å². The van der Waals surface area contributed by atoms with Crippen LogP contribution < -0.4 is 11.3 Å². The highest BCUT2D eigenvalue weighted by Gasteiger charge is 2.07. The molecule has 3 aromatic rings. The normalized spacial score (nSPS) is 11.0. The molecule has 102 valence electrons. The van der Waals surface area contributed by atoms with Crippen LogP contribution in [0.25, 0.3) is 11.2 Å². The lowest BCUT2D eigenvalue weighted by Gasteiger charge is -2.05. The Hall–Kier alpha value is -2.77. The second-order valence-electron chi connectivity index (χ2n) is 4.33. The molecular weight excluding hydrogens is 258 g/mol. The van der Waals surface area contributed by atoms with E-state index in [2.05, 4.69) is 19.9 Å². The first-order chi connectivity index (χ1) is 9.75. The van der Waals surface area contributed by atoms with Crippen LogP contribution in [-0.2, 0) is 13.1 Å². The third kappa shape index (κ3) is 2.22. The molecule has 0 amide bonds. The van der Waals surface area contributed by atoms with E-state index in [1.165, 1.54) is 24.9 Å². The lowest BCUT2D eigenvalue weighted by atomic mass is 10.4. The average molecular weight is 271 g/mol. The molecule has 0 radical (unpaired) electrons. The van der Waals surface area contributed by atoms with Gasteiger partial charge in [0.1, 0.15) is 11.8 Å². The number of imidazole rings is 1. The van der Waals surface area contributed by atoms with Crippen molar-refractivity contribution in [3.05, 3.63) is 41.6 Å². The summed E-state index contributed by atoms with van der Waals surface area (Å²) in [7, 11) is 0. The van der Waals surface area contributed by atoms with Gasteiger partial charge in [0.2, 0.25) is 0 Å². The van der Waals surface area contributed by atoms with Gasteiger partial charge in [0.15, 0.2) is 11.5 Å². The van der Waals surface area contributed by atoms with Crippen molar-refractivity contribution >= 4 is 17.0 Å². The van der Waals surface area contributed by atoms with Crippen LogP contribution in [0.1, 0.15) is 6.42 Å². The molecule has 0 saturated heterocycles. The lowest BCUT2D eigenvalue weighted by Crippen LogP contribution is -2.19. The maximum atomic E-state index is 11.5. The highest BCUT2D eigenvalue weighted by molar-refractivity contribution is 5.80. The molecule has 0 atom stereocenters. The number of nitrogens with zero attached hydrogens (tertiary/aromatic N) is 6. The van der Waals surface area contributed by atoms with E-state index < -0.39 is 0 Å². The minimum absolute atomic E-state index is 0.0536. The molecule has 3 heterocycles. The van der Waals surface area contributed by atoms with E-state index in [-0.39, 0.29) is 5.56 Å². The maximum absolute atomic E-state index is 11.5. The third-order valence-electron chi connectivity index (χ3n) is 3.02. The Morgan fingerprint density at radius 2 is 1.95 bits per heavy atom. The van der Waals surface area contributed by atoms with Crippen LogP contribution in [0.15, 0.2) is 36.0 Å². The van der Waals surface area contributed by atoms with Gasteiger partial charge in [0, 0.05) is 25.4 Å². The number of hydrogen-bond acceptors (Lipinski definition) is 6. The number of nitrogen functional groups attached to an aromatic ring is 1. The van der Waals surface area contributed by atoms with Gasteiger partial charge in [0.05, 0.1) is 12.7 Å².